The molecule has 2 fully saturated rings. The maximum Gasteiger partial charge on any atom is 0.0950 e. The molecule has 6 aromatic carbocycles. The van der Waals surface area contributed by atoms with Crippen LogP contribution in [0, 0.1) is 17.2 Å². The van der Waals surface area contributed by atoms with E-state index in [0.717, 1.165) is 25.7 Å². The summed E-state index contributed by atoms with van der Waals surface area (Å²) in [6.07, 6.45) is 12.2. The van der Waals surface area contributed by atoms with Crippen LogP contribution in [0.4, 0.5) is 0 Å². The Morgan fingerprint density at radius 3 is 0.947 bits per heavy atom. The summed E-state index contributed by atoms with van der Waals surface area (Å²) in [4.78, 5) is 5.44. The molecule has 6 aromatic rings. The Labute approximate surface area is 340 Å². The van der Waals surface area contributed by atoms with Crippen LogP contribution in [-0.2, 0) is 11.1 Å². The molecular formula is C53H56N4. The molecule has 0 saturated heterocycles. The topological polar surface area (TPSA) is 60.3 Å². The van der Waals surface area contributed by atoms with Gasteiger partial charge in [-0.05, 0) is 70.9 Å². The second-order valence-electron chi connectivity index (χ2n) is 16.0. The first-order valence-corrected chi connectivity index (χ1v) is 21.1. The Balaban J connectivity index is 1.24. The molecule has 0 bridgehead atoms. The summed E-state index contributed by atoms with van der Waals surface area (Å²) in [7, 11) is 0. The molecule has 4 nitrogen and oxygen atoms in total. The molecule has 288 valence electrons. The highest BCUT2D eigenvalue weighted by Crippen LogP contribution is 2.45. The molecule has 0 radical (unpaired) electrons. The van der Waals surface area contributed by atoms with Gasteiger partial charge in [0.15, 0.2) is 0 Å². The van der Waals surface area contributed by atoms with E-state index in [1.54, 1.807) is 6.21 Å². The molecule has 4 heteroatoms. The lowest BCUT2D eigenvalue weighted by Crippen LogP contribution is -2.59. The van der Waals surface area contributed by atoms with E-state index in [-0.39, 0.29) is 30.0 Å². The van der Waals surface area contributed by atoms with Crippen LogP contribution in [0.15, 0.2) is 187 Å². The van der Waals surface area contributed by atoms with Crippen molar-refractivity contribution in [3.05, 3.63) is 215 Å². The number of rotatable bonds is 14. The predicted octanol–water partition coefficient (Wildman–Crippen LogP) is 11.4. The molecule has 0 aliphatic heterocycles. The smallest absolute Gasteiger partial charge is 0.0950 e. The second-order valence-corrected chi connectivity index (χ2v) is 16.0. The van der Waals surface area contributed by atoms with Gasteiger partial charge in [0.05, 0.1) is 17.1 Å². The number of nitrogens with one attached hydrogen (secondary N) is 3. The zero-order chi connectivity index (χ0) is 38.8. The van der Waals surface area contributed by atoms with Crippen molar-refractivity contribution in [2.24, 2.45) is 16.8 Å². The third kappa shape index (κ3) is 7.94. The normalized spacial score (nSPS) is 20.4. The monoisotopic (exact) mass is 748 g/mol. The van der Waals surface area contributed by atoms with E-state index in [1.807, 2.05) is 0 Å². The maximum atomic E-state index is 8.18. The van der Waals surface area contributed by atoms with Crippen LogP contribution >= 0.6 is 0 Å². The highest BCUT2D eigenvalue weighted by Gasteiger charge is 2.47. The summed E-state index contributed by atoms with van der Waals surface area (Å²) in [5, 5.41) is 17.1. The van der Waals surface area contributed by atoms with Gasteiger partial charge in [-0.1, -0.05) is 208 Å². The fourth-order valence-electron chi connectivity index (χ4n) is 10.4. The van der Waals surface area contributed by atoms with E-state index >= 15 is 0 Å². The van der Waals surface area contributed by atoms with E-state index in [9.17, 15) is 0 Å². The molecule has 3 N–H and O–H groups in total. The summed E-state index contributed by atoms with van der Waals surface area (Å²) < 4.78 is 0. The molecule has 4 atom stereocenters. The summed E-state index contributed by atoms with van der Waals surface area (Å²) in [5.41, 5.74) is 6.30. The van der Waals surface area contributed by atoms with Gasteiger partial charge in [0.2, 0.25) is 0 Å². The summed E-state index contributed by atoms with van der Waals surface area (Å²) in [6, 6.07) is 66.6. The molecular weight excluding hydrogens is 693 g/mol. The second kappa shape index (κ2) is 18.2. The van der Waals surface area contributed by atoms with Gasteiger partial charge >= 0.3 is 0 Å². The molecule has 0 amide bonds. The highest BCUT2D eigenvalue weighted by atomic mass is 15.1. The van der Waals surface area contributed by atoms with Crippen molar-refractivity contribution in [2.75, 3.05) is 0 Å². The van der Waals surface area contributed by atoms with E-state index in [1.165, 1.54) is 65.3 Å². The van der Waals surface area contributed by atoms with Crippen LogP contribution in [-0.4, -0.2) is 30.6 Å². The molecule has 57 heavy (non-hydrogen) atoms. The number of benzene rings is 6. The first-order valence-electron chi connectivity index (χ1n) is 21.1. The van der Waals surface area contributed by atoms with Crippen LogP contribution in [0.1, 0.15) is 84.7 Å². The number of hydrogen-bond acceptors (Lipinski definition) is 4. The van der Waals surface area contributed by atoms with Gasteiger partial charge in [0, 0.05) is 24.5 Å². The van der Waals surface area contributed by atoms with Crippen LogP contribution in [0.5, 0.6) is 0 Å². The van der Waals surface area contributed by atoms with Crippen molar-refractivity contribution in [1.29, 1.82) is 5.41 Å². The van der Waals surface area contributed by atoms with Crippen molar-refractivity contribution in [3.63, 3.8) is 0 Å². The summed E-state index contributed by atoms with van der Waals surface area (Å²) in [6.45, 7) is 0. The average molecular weight is 749 g/mol. The average Bonchev–Trinajstić information content (AvgIpc) is 3.30. The van der Waals surface area contributed by atoms with Gasteiger partial charge in [-0.3, -0.25) is 15.6 Å². The van der Waals surface area contributed by atoms with Gasteiger partial charge in [-0.25, -0.2) is 0 Å². The van der Waals surface area contributed by atoms with E-state index in [4.69, 9.17) is 10.4 Å². The number of nitrogens with zero attached hydrogens (tertiary/aromatic N) is 1. The molecule has 2 aliphatic rings. The molecule has 8 rings (SSSR count). The Bertz CT molecular complexity index is 1800. The lowest BCUT2D eigenvalue weighted by atomic mass is 9.67. The van der Waals surface area contributed by atoms with Crippen molar-refractivity contribution < 1.29 is 0 Å². The lowest BCUT2D eigenvalue weighted by Gasteiger charge is -2.49. The molecule has 0 aromatic heterocycles. The fourth-order valence-corrected chi connectivity index (χ4v) is 10.4. The fraction of sp³-hybridized carbons (Fsp3) is 0.283. The molecule has 2 aliphatic carbocycles. The third-order valence-electron chi connectivity index (χ3n) is 12.9. The van der Waals surface area contributed by atoms with Crippen molar-refractivity contribution in [2.45, 2.75) is 80.6 Å². The van der Waals surface area contributed by atoms with Gasteiger partial charge in [-0.2, -0.15) is 0 Å². The lowest BCUT2D eigenvalue weighted by molar-refractivity contribution is 0.121. The minimum atomic E-state index is -0.562. The first kappa shape index (κ1) is 38.5. The van der Waals surface area contributed by atoms with Gasteiger partial charge in [0.1, 0.15) is 0 Å². The SMILES string of the molecule is N=CC=NC([C@@H]1CCCC[C@H]1NC(c1ccccc1)(c1ccccc1)c1ccccc1)[C@@H]1CCCC[C@H]1NC(c1ccccc1)(c1ccccc1)c1ccccc1. The summed E-state index contributed by atoms with van der Waals surface area (Å²) >= 11 is 0. The Morgan fingerprint density at radius 1 is 0.421 bits per heavy atom. The van der Waals surface area contributed by atoms with Crippen molar-refractivity contribution in [1.82, 2.24) is 10.6 Å². The minimum absolute atomic E-state index is 0.0299. The minimum Gasteiger partial charge on any atom is -0.307 e. The Morgan fingerprint density at radius 2 is 0.684 bits per heavy atom. The van der Waals surface area contributed by atoms with E-state index in [0.29, 0.717) is 0 Å². The largest absolute Gasteiger partial charge is 0.307 e. The molecule has 0 heterocycles. The van der Waals surface area contributed by atoms with E-state index < -0.39 is 11.1 Å². The number of aliphatic imine (C=N–C) groups is 1. The number of hydrogen-bond donors (Lipinski definition) is 3. The highest BCUT2D eigenvalue weighted by molar-refractivity contribution is 6.14. The first-order chi connectivity index (χ1) is 28.2. The van der Waals surface area contributed by atoms with Gasteiger partial charge in [0.25, 0.3) is 0 Å². The Hall–Kier alpha value is -5.42. The van der Waals surface area contributed by atoms with Crippen LogP contribution in [0.25, 0.3) is 0 Å². The van der Waals surface area contributed by atoms with Crippen LogP contribution in [0.3, 0.4) is 0 Å². The standard InChI is InChI=1S/C53H56N4/c54-39-40-55-51(47-35-19-21-37-49(47)56-52(41-23-7-1-8-24-41,42-25-9-2-10-26-42)43-27-11-3-12-28-43)48-36-20-22-38-50(48)57-53(44-29-13-4-14-30-44,45-31-15-5-16-32-45)46-33-17-6-18-34-46/h1-18,23-34,39-40,47-51,54,56-57H,19-22,35-38H2/t47-,48-,49-,50-/m1/s1. The molecule has 0 spiro atoms. The molecule has 2 saturated carbocycles. The zero-order valence-corrected chi connectivity index (χ0v) is 33.0. The van der Waals surface area contributed by atoms with Crippen molar-refractivity contribution in [3.8, 4) is 0 Å². The van der Waals surface area contributed by atoms with Crippen LogP contribution < -0.4 is 10.6 Å². The van der Waals surface area contributed by atoms with Gasteiger partial charge < -0.3 is 5.41 Å². The molecule has 0 unspecified atom stereocenters. The third-order valence-corrected chi connectivity index (χ3v) is 12.9. The zero-order valence-electron chi connectivity index (χ0n) is 33.0. The maximum absolute atomic E-state index is 8.18. The Kier molecular flexibility index (Phi) is 12.3. The summed E-state index contributed by atoms with van der Waals surface area (Å²) in [5.74, 6) is 0.551. The van der Waals surface area contributed by atoms with Crippen molar-refractivity contribution >= 4 is 12.4 Å². The van der Waals surface area contributed by atoms with Crippen LogP contribution in [0.2, 0.25) is 0 Å². The predicted molar refractivity (Wildman–Crippen MR) is 237 cm³/mol. The quantitative estimate of drug-likeness (QED) is 0.0767. The van der Waals surface area contributed by atoms with E-state index in [2.05, 4.69) is 193 Å². The van der Waals surface area contributed by atoms with Gasteiger partial charge in [-0.15, -0.1) is 0 Å².